The normalized spacial score (nSPS) is 17.0. The first-order valence-corrected chi connectivity index (χ1v) is 7.89. The van der Waals surface area contributed by atoms with Crippen molar-refractivity contribution in [3.05, 3.63) is 29.6 Å². The molecule has 11 heteroatoms. The summed E-state index contributed by atoms with van der Waals surface area (Å²) in [6.07, 6.45) is -4.69. The van der Waals surface area contributed by atoms with Crippen molar-refractivity contribution in [2.75, 3.05) is 10.6 Å². The highest BCUT2D eigenvalue weighted by Gasteiger charge is 2.34. The zero-order chi connectivity index (χ0) is 18.2. The molecule has 0 spiro atoms. The minimum Gasteiger partial charge on any atom is -0.324 e. The maximum Gasteiger partial charge on any atom is 0.416 e. The van der Waals surface area contributed by atoms with Gasteiger partial charge in [-0.25, -0.2) is 0 Å². The van der Waals surface area contributed by atoms with Crippen LogP contribution in [0.4, 0.5) is 24.9 Å². The van der Waals surface area contributed by atoms with E-state index < -0.39 is 28.8 Å². The Morgan fingerprint density at radius 3 is 2.84 bits per heavy atom. The maximum absolute atomic E-state index is 12.7. The molecule has 1 aliphatic heterocycles. The van der Waals surface area contributed by atoms with Crippen molar-refractivity contribution in [1.82, 2.24) is 10.1 Å². The van der Waals surface area contributed by atoms with E-state index in [1.54, 1.807) is 6.92 Å². The Bertz CT molecular complexity index is 837. The molecule has 2 heterocycles. The Morgan fingerprint density at radius 2 is 2.20 bits per heavy atom. The van der Waals surface area contributed by atoms with Crippen LogP contribution in [0.5, 0.6) is 0 Å². The van der Waals surface area contributed by atoms with Crippen LogP contribution in [-0.4, -0.2) is 27.2 Å². The third-order valence-electron chi connectivity index (χ3n) is 3.27. The molecule has 2 N–H and O–H groups in total. The fourth-order valence-electron chi connectivity index (χ4n) is 2.15. The molecule has 2 amide bonds. The van der Waals surface area contributed by atoms with Crippen LogP contribution in [0.15, 0.2) is 27.6 Å². The highest BCUT2D eigenvalue weighted by molar-refractivity contribution is 8.01. The van der Waals surface area contributed by atoms with Crippen LogP contribution in [0.1, 0.15) is 17.8 Å². The number of thioether (sulfide) groups is 1. The molecule has 0 saturated carbocycles. The Kier molecular flexibility index (Phi) is 4.41. The molecule has 1 aromatic carbocycles. The largest absolute Gasteiger partial charge is 0.416 e. The van der Waals surface area contributed by atoms with Crippen molar-refractivity contribution in [3.63, 3.8) is 0 Å². The molecule has 0 fully saturated rings. The molecule has 0 bridgehead atoms. The molecular formula is C14H11F3N4O3S. The SMILES string of the molecule is Cc1noc(NC(=O)C[C@@H]2Sc3ccc(C(F)(F)F)cc3NC2=O)n1. The van der Waals surface area contributed by atoms with Crippen molar-refractivity contribution in [1.29, 1.82) is 0 Å². The van der Waals surface area contributed by atoms with Gasteiger partial charge in [0.25, 0.3) is 0 Å². The zero-order valence-electron chi connectivity index (χ0n) is 12.7. The Balaban J connectivity index is 1.69. The van der Waals surface area contributed by atoms with Gasteiger partial charge in [-0.2, -0.15) is 18.2 Å². The zero-order valence-corrected chi connectivity index (χ0v) is 13.5. The van der Waals surface area contributed by atoms with Crippen LogP contribution in [0.2, 0.25) is 0 Å². The summed E-state index contributed by atoms with van der Waals surface area (Å²) in [5, 5.41) is 7.49. The number of aryl methyl sites for hydroxylation is 1. The predicted octanol–water partition coefficient (Wildman–Crippen LogP) is 2.84. The average Bonchev–Trinajstić information content (AvgIpc) is 2.91. The number of carbonyl (C=O) groups is 2. The first-order valence-electron chi connectivity index (χ1n) is 7.01. The first kappa shape index (κ1) is 17.3. The van der Waals surface area contributed by atoms with E-state index in [0.717, 1.165) is 23.9 Å². The number of anilines is 2. The van der Waals surface area contributed by atoms with E-state index in [2.05, 4.69) is 20.8 Å². The lowest BCUT2D eigenvalue weighted by molar-refractivity contribution is -0.137. The van der Waals surface area contributed by atoms with Gasteiger partial charge in [0.05, 0.1) is 16.5 Å². The van der Waals surface area contributed by atoms with Crippen molar-refractivity contribution in [3.8, 4) is 0 Å². The van der Waals surface area contributed by atoms with Crippen molar-refractivity contribution in [2.45, 2.75) is 29.7 Å². The van der Waals surface area contributed by atoms with Gasteiger partial charge in [-0.3, -0.25) is 14.9 Å². The molecule has 1 aliphatic rings. The van der Waals surface area contributed by atoms with Gasteiger partial charge >= 0.3 is 12.2 Å². The molecular weight excluding hydrogens is 361 g/mol. The van der Waals surface area contributed by atoms with E-state index in [-0.39, 0.29) is 18.1 Å². The van der Waals surface area contributed by atoms with Crippen LogP contribution in [0, 0.1) is 6.92 Å². The van der Waals surface area contributed by atoms with Gasteiger partial charge in [0.2, 0.25) is 11.8 Å². The van der Waals surface area contributed by atoms with Gasteiger partial charge in [0, 0.05) is 11.3 Å². The summed E-state index contributed by atoms with van der Waals surface area (Å²) in [6, 6.07) is 2.99. The molecule has 1 aromatic heterocycles. The van der Waals surface area contributed by atoms with Gasteiger partial charge in [-0.1, -0.05) is 5.16 Å². The van der Waals surface area contributed by atoms with Crippen LogP contribution < -0.4 is 10.6 Å². The van der Waals surface area contributed by atoms with Crippen LogP contribution >= 0.6 is 11.8 Å². The Morgan fingerprint density at radius 1 is 1.44 bits per heavy atom. The number of halogens is 3. The molecule has 0 saturated heterocycles. The molecule has 132 valence electrons. The summed E-state index contributed by atoms with van der Waals surface area (Å²) < 4.78 is 42.9. The summed E-state index contributed by atoms with van der Waals surface area (Å²) in [6.45, 7) is 1.58. The first-order chi connectivity index (χ1) is 11.7. The number of hydrogen-bond donors (Lipinski definition) is 2. The standard InChI is InChI=1S/C14H11F3N4O3S/c1-6-18-13(24-21-6)20-11(22)5-10-12(23)19-8-4-7(14(15,16)17)2-3-9(8)25-10/h2-4,10H,5H2,1H3,(H,19,23)(H,18,20,21,22)/t10-/m0/s1. The quantitative estimate of drug-likeness (QED) is 0.860. The highest BCUT2D eigenvalue weighted by Crippen LogP contribution is 2.40. The second kappa shape index (κ2) is 6.39. The van der Waals surface area contributed by atoms with Crippen LogP contribution in [-0.2, 0) is 15.8 Å². The molecule has 1 atom stereocenters. The lowest BCUT2D eigenvalue weighted by atomic mass is 10.1. The predicted molar refractivity (Wildman–Crippen MR) is 82.0 cm³/mol. The maximum atomic E-state index is 12.7. The topological polar surface area (TPSA) is 97.1 Å². The third kappa shape index (κ3) is 3.92. The number of nitrogens with one attached hydrogen (secondary N) is 2. The van der Waals surface area contributed by atoms with Gasteiger partial charge in [-0.05, 0) is 25.1 Å². The number of alkyl halides is 3. The Hall–Kier alpha value is -2.56. The molecule has 3 rings (SSSR count). The van der Waals surface area contributed by atoms with E-state index in [9.17, 15) is 22.8 Å². The van der Waals surface area contributed by atoms with Gasteiger partial charge in [0.15, 0.2) is 5.82 Å². The van der Waals surface area contributed by atoms with Gasteiger partial charge in [-0.15, -0.1) is 11.8 Å². The van der Waals surface area contributed by atoms with Crippen LogP contribution in [0.3, 0.4) is 0 Å². The van der Waals surface area contributed by atoms with Gasteiger partial charge < -0.3 is 9.84 Å². The third-order valence-corrected chi connectivity index (χ3v) is 4.55. The van der Waals surface area contributed by atoms with E-state index in [4.69, 9.17) is 4.52 Å². The number of hydrogen-bond acceptors (Lipinski definition) is 6. The summed E-state index contributed by atoms with van der Waals surface area (Å²) in [7, 11) is 0. The Labute approximate surface area is 143 Å². The molecule has 2 aromatic rings. The number of benzene rings is 1. The minimum absolute atomic E-state index is 0.0778. The molecule has 0 aliphatic carbocycles. The van der Waals surface area contributed by atoms with Crippen LogP contribution in [0.25, 0.3) is 0 Å². The second-order valence-corrected chi connectivity index (χ2v) is 6.45. The van der Waals surface area contributed by atoms with E-state index >= 15 is 0 Å². The van der Waals surface area contributed by atoms with E-state index in [1.165, 1.54) is 6.07 Å². The summed E-state index contributed by atoms with van der Waals surface area (Å²) >= 11 is 1.02. The van der Waals surface area contributed by atoms with Crippen molar-refractivity contribution >= 4 is 35.3 Å². The number of fused-ring (bicyclic) bond motifs is 1. The highest BCUT2D eigenvalue weighted by atomic mass is 32.2. The number of aromatic nitrogens is 2. The monoisotopic (exact) mass is 372 g/mol. The second-order valence-electron chi connectivity index (χ2n) is 5.20. The smallest absolute Gasteiger partial charge is 0.324 e. The summed E-state index contributed by atoms with van der Waals surface area (Å²) in [4.78, 5) is 28.3. The van der Waals surface area contributed by atoms with Crippen molar-refractivity contribution < 1.29 is 27.3 Å². The number of nitrogens with zero attached hydrogens (tertiary/aromatic N) is 2. The fraction of sp³-hybridized carbons (Fsp3) is 0.286. The van der Waals surface area contributed by atoms with E-state index in [1.807, 2.05) is 0 Å². The summed E-state index contributed by atoms with van der Waals surface area (Å²) in [5.74, 6) is -0.727. The molecule has 25 heavy (non-hydrogen) atoms. The lowest BCUT2D eigenvalue weighted by Gasteiger charge is -2.24. The number of rotatable bonds is 3. The van der Waals surface area contributed by atoms with E-state index in [0.29, 0.717) is 10.7 Å². The van der Waals surface area contributed by atoms with Gasteiger partial charge in [0.1, 0.15) is 0 Å². The minimum atomic E-state index is -4.50. The number of carbonyl (C=O) groups excluding carboxylic acids is 2. The van der Waals surface area contributed by atoms with Crippen molar-refractivity contribution in [2.24, 2.45) is 0 Å². The number of amides is 2. The average molecular weight is 372 g/mol. The summed E-state index contributed by atoms with van der Waals surface area (Å²) in [5.41, 5.74) is -0.774. The lowest BCUT2D eigenvalue weighted by Crippen LogP contribution is -2.32. The fourth-order valence-corrected chi connectivity index (χ4v) is 3.24. The molecule has 7 nitrogen and oxygen atoms in total. The molecule has 0 unspecified atom stereocenters. The molecule has 0 radical (unpaired) electrons.